The van der Waals surface area contributed by atoms with E-state index in [4.69, 9.17) is 27.9 Å². The maximum Gasteiger partial charge on any atom is 0.308 e. The van der Waals surface area contributed by atoms with E-state index in [1.54, 1.807) is 34.5 Å². The third-order valence-corrected chi connectivity index (χ3v) is 8.34. The SMILES string of the molecule is O=C(Cn1c2c(sc1=O)C1c3ccccc3OCC1CS2)Nc1cc(Cl)ccc1Cl. The molecule has 0 spiro atoms. The highest BCUT2D eigenvalue weighted by Gasteiger charge is 2.39. The number of nitrogens with one attached hydrogen (secondary N) is 1. The van der Waals surface area contributed by atoms with Crippen molar-refractivity contribution in [2.75, 3.05) is 17.7 Å². The van der Waals surface area contributed by atoms with Gasteiger partial charge in [-0.3, -0.25) is 14.2 Å². The van der Waals surface area contributed by atoms with Crippen LogP contribution in [0, 0.1) is 5.92 Å². The number of halogens is 2. The molecule has 1 N–H and O–H groups in total. The Labute approximate surface area is 191 Å². The summed E-state index contributed by atoms with van der Waals surface area (Å²) in [5, 5.41) is 4.49. The number of ether oxygens (including phenoxy) is 1. The van der Waals surface area contributed by atoms with Crippen LogP contribution < -0.4 is 14.9 Å². The number of thiazole rings is 1. The molecule has 2 aliphatic rings. The van der Waals surface area contributed by atoms with Gasteiger partial charge in [-0.05, 0) is 24.3 Å². The first-order valence-electron chi connectivity index (χ1n) is 9.34. The number of rotatable bonds is 3. The zero-order valence-corrected chi connectivity index (χ0v) is 18.7. The fourth-order valence-electron chi connectivity index (χ4n) is 3.92. The van der Waals surface area contributed by atoms with Crippen LogP contribution in [0.1, 0.15) is 16.4 Å². The summed E-state index contributed by atoms with van der Waals surface area (Å²) in [5.74, 6) is 1.82. The molecule has 2 aromatic carbocycles. The quantitative estimate of drug-likeness (QED) is 0.568. The molecule has 5 rings (SSSR count). The van der Waals surface area contributed by atoms with Gasteiger partial charge in [0, 0.05) is 33.1 Å². The van der Waals surface area contributed by atoms with Crippen LogP contribution in [0.3, 0.4) is 0 Å². The lowest BCUT2D eigenvalue weighted by Gasteiger charge is -2.36. The van der Waals surface area contributed by atoms with E-state index in [0.29, 0.717) is 28.3 Å². The normalized spacial score (nSPS) is 19.3. The first kappa shape index (κ1) is 20.0. The molecular formula is C21H16Cl2N2O3S2. The predicted molar refractivity (Wildman–Crippen MR) is 122 cm³/mol. The molecule has 2 unspecified atom stereocenters. The van der Waals surface area contributed by atoms with Crippen molar-refractivity contribution in [3.63, 3.8) is 0 Å². The van der Waals surface area contributed by atoms with Gasteiger partial charge in [-0.2, -0.15) is 0 Å². The Hall–Kier alpha value is -1.93. The highest BCUT2D eigenvalue weighted by molar-refractivity contribution is 7.99. The van der Waals surface area contributed by atoms with Gasteiger partial charge in [0.05, 0.1) is 22.3 Å². The van der Waals surface area contributed by atoms with Crippen LogP contribution in [0.5, 0.6) is 5.75 Å². The van der Waals surface area contributed by atoms with Gasteiger partial charge in [0.25, 0.3) is 0 Å². The van der Waals surface area contributed by atoms with E-state index >= 15 is 0 Å². The number of carbonyl (C=O) groups is 1. The van der Waals surface area contributed by atoms with Crippen molar-refractivity contribution in [2.45, 2.75) is 17.5 Å². The molecule has 0 aliphatic carbocycles. The summed E-state index contributed by atoms with van der Waals surface area (Å²) in [4.78, 5) is 26.4. The molecule has 0 fully saturated rings. The number of fused-ring (bicyclic) bond motifs is 5. The second kappa shape index (κ2) is 7.96. The van der Waals surface area contributed by atoms with Crippen LogP contribution in [0.25, 0.3) is 0 Å². The molecule has 0 bridgehead atoms. The van der Waals surface area contributed by atoms with Crippen molar-refractivity contribution < 1.29 is 9.53 Å². The summed E-state index contributed by atoms with van der Waals surface area (Å²) in [6.45, 7) is 0.560. The van der Waals surface area contributed by atoms with Gasteiger partial charge in [-0.1, -0.05) is 52.7 Å². The highest BCUT2D eigenvalue weighted by Crippen LogP contribution is 2.50. The zero-order chi connectivity index (χ0) is 20.8. The lowest BCUT2D eigenvalue weighted by molar-refractivity contribution is -0.116. The highest BCUT2D eigenvalue weighted by atomic mass is 35.5. The molecule has 154 valence electrons. The van der Waals surface area contributed by atoms with E-state index in [2.05, 4.69) is 11.4 Å². The average Bonchev–Trinajstić information content (AvgIpc) is 3.05. The third-order valence-electron chi connectivity index (χ3n) is 5.27. The lowest BCUT2D eigenvalue weighted by atomic mass is 9.84. The Morgan fingerprint density at radius 3 is 2.93 bits per heavy atom. The first-order valence-corrected chi connectivity index (χ1v) is 11.9. The van der Waals surface area contributed by atoms with Crippen LogP contribution in [0.15, 0.2) is 52.3 Å². The summed E-state index contributed by atoms with van der Waals surface area (Å²) in [5.41, 5.74) is 1.54. The van der Waals surface area contributed by atoms with Crippen molar-refractivity contribution in [1.82, 2.24) is 4.57 Å². The number of carbonyl (C=O) groups excluding carboxylic acids is 1. The van der Waals surface area contributed by atoms with Gasteiger partial charge in [0.2, 0.25) is 5.91 Å². The molecule has 5 nitrogen and oxygen atoms in total. The van der Waals surface area contributed by atoms with E-state index in [9.17, 15) is 9.59 Å². The molecule has 3 heterocycles. The molecule has 3 aromatic rings. The number of hydrogen-bond donors (Lipinski definition) is 1. The van der Waals surface area contributed by atoms with E-state index < -0.39 is 0 Å². The standard InChI is InChI=1S/C21H16Cl2N2O3S2/c22-12-5-6-14(23)15(7-12)24-17(26)8-25-20-19(30-21(25)27)18-11(10-29-20)9-28-16-4-2-1-3-13(16)18/h1-7,11,18H,8-10H2,(H,24,26). The molecule has 1 aromatic heterocycles. The third kappa shape index (κ3) is 3.54. The van der Waals surface area contributed by atoms with Crippen molar-refractivity contribution in [1.29, 1.82) is 0 Å². The fourth-order valence-corrected chi connectivity index (χ4v) is 6.95. The zero-order valence-electron chi connectivity index (χ0n) is 15.6. The summed E-state index contributed by atoms with van der Waals surface area (Å²) in [7, 11) is 0. The van der Waals surface area contributed by atoms with Gasteiger partial charge < -0.3 is 10.1 Å². The van der Waals surface area contributed by atoms with Gasteiger partial charge in [0.15, 0.2) is 0 Å². The van der Waals surface area contributed by atoms with Crippen LogP contribution >= 0.6 is 46.3 Å². The Bertz CT molecular complexity index is 1210. The van der Waals surface area contributed by atoms with E-state index in [1.807, 2.05) is 18.2 Å². The maximum atomic E-state index is 12.8. The Morgan fingerprint density at radius 2 is 2.07 bits per heavy atom. The molecule has 0 radical (unpaired) electrons. The number of thioether (sulfide) groups is 1. The number of benzene rings is 2. The second-order valence-corrected chi connectivity index (χ2v) is 10.0. The molecule has 9 heteroatoms. The van der Waals surface area contributed by atoms with Gasteiger partial charge >= 0.3 is 4.87 Å². The maximum absolute atomic E-state index is 12.8. The molecule has 1 amide bonds. The largest absolute Gasteiger partial charge is 0.493 e. The molecule has 30 heavy (non-hydrogen) atoms. The van der Waals surface area contributed by atoms with Crippen LogP contribution in [-0.4, -0.2) is 22.8 Å². The van der Waals surface area contributed by atoms with Gasteiger partial charge in [0.1, 0.15) is 12.3 Å². The predicted octanol–water partition coefficient (Wildman–Crippen LogP) is 5.10. The molecule has 2 atom stereocenters. The summed E-state index contributed by atoms with van der Waals surface area (Å²) in [6.07, 6.45) is 0. The van der Waals surface area contributed by atoms with Crippen molar-refractivity contribution >= 4 is 57.9 Å². The van der Waals surface area contributed by atoms with Gasteiger partial charge in [-0.15, -0.1) is 11.8 Å². The first-order chi connectivity index (χ1) is 14.5. The summed E-state index contributed by atoms with van der Waals surface area (Å²) in [6, 6.07) is 12.8. The minimum atomic E-state index is -0.322. The van der Waals surface area contributed by atoms with Crippen LogP contribution in [0.2, 0.25) is 10.0 Å². The number of para-hydroxylation sites is 1. The summed E-state index contributed by atoms with van der Waals surface area (Å²) < 4.78 is 7.48. The molecular weight excluding hydrogens is 463 g/mol. The molecule has 0 saturated carbocycles. The number of nitrogens with zero attached hydrogens (tertiary/aromatic N) is 1. The Balaban J connectivity index is 1.46. The second-order valence-electron chi connectivity index (χ2n) is 7.19. The van der Waals surface area contributed by atoms with E-state index in [1.165, 1.54) is 11.3 Å². The fraction of sp³-hybridized carbons (Fsp3) is 0.238. The lowest BCUT2D eigenvalue weighted by Crippen LogP contribution is -2.31. The Morgan fingerprint density at radius 1 is 1.23 bits per heavy atom. The minimum Gasteiger partial charge on any atom is -0.493 e. The van der Waals surface area contributed by atoms with Gasteiger partial charge in [-0.25, -0.2) is 0 Å². The minimum absolute atomic E-state index is 0.0734. The van der Waals surface area contributed by atoms with Crippen molar-refractivity contribution in [3.05, 3.63) is 72.6 Å². The number of aromatic nitrogens is 1. The van der Waals surface area contributed by atoms with Crippen LogP contribution in [-0.2, 0) is 11.3 Å². The molecule has 2 aliphatic heterocycles. The van der Waals surface area contributed by atoms with Crippen LogP contribution in [0.4, 0.5) is 5.69 Å². The topological polar surface area (TPSA) is 60.3 Å². The average molecular weight is 479 g/mol. The number of anilines is 1. The smallest absolute Gasteiger partial charge is 0.308 e. The number of hydrogen-bond acceptors (Lipinski definition) is 5. The van der Waals surface area contributed by atoms with Crippen molar-refractivity contribution in [3.8, 4) is 5.75 Å². The summed E-state index contributed by atoms with van der Waals surface area (Å²) >= 11 is 15.0. The number of amides is 1. The Kier molecular flexibility index (Phi) is 5.31. The van der Waals surface area contributed by atoms with E-state index in [-0.39, 0.29) is 23.2 Å². The molecule has 0 saturated heterocycles. The monoisotopic (exact) mass is 478 g/mol. The van der Waals surface area contributed by atoms with E-state index in [0.717, 1.165) is 27.0 Å². The van der Waals surface area contributed by atoms with Crippen molar-refractivity contribution in [2.24, 2.45) is 5.92 Å².